The molecule has 0 aliphatic heterocycles. The fourth-order valence-corrected chi connectivity index (χ4v) is 1.90. The molecule has 0 bridgehead atoms. The molecule has 0 unspecified atom stereocenters. The summed E-state index contributed by atoms with van der Waals surface area (Å²) < 4.78 is 69.7. The first kappa shape index (κ1) is 15.6. The van der Waals surface area contributed by atoms with Gasteiger partial charge in [0.05, 0.1) is 10.8 Å². The normalized spacial score (nSPS) is 11.5. The molecule has 0 atom stereocenters. The lowest BCUT2D eigenvalue weighted by Gasteiger charge is -2.20. The predicted octanol–water partition coefficient (Wildman–Crippen LogP) is 4.25. The van der Waals surface area contributed by atoms with Crippen molar-refractivity contribution in [2.24, 2.45) is 0 Å². The topological polar surface area (TPSA) is 9.23 Å². The van der Waals surface area contributed by atoms with Gasteiger partial charge >= 0.3 is 6.98 Å². The highest BCUT2D eigenvalue weighted by molar-refractivity contribution is 6.74. The van der Waals surface area contributed by atoms with Crippen molar-refractivity contribution in [1.82, 2.24) is 0 Å². The van der Waals surface area contributed by atoms with E-state index in [1.54, 1.807) is 0 Å². The quantitative estimate of drug-likeness (QED) is 0.604. The van der Waals surface area contributed by atoms with Gasteiger partial charge < -0.3 is 17.7 Å². The van der Waals surface area contributed by atoms with Gasteiger partial charge in [0, 0.05) is 5.56 Å². The Hall–Kier alpha value is -1.76. The smallest absolute Gasteiger partial charge is 0.492 e. The highest BCUT2D eigenvalue weighted by Gasteiger charge is 2.30. The van der Waals surface area contributed by atoms with Crippen molar-refractivity contribution in [1.29, 1.82) is 0 Å². The second kappa shape index (κ2) is 5.93. The maximum absolute atomic E-state index is 13.2. The van der Waals surface area contributed by atoms with Crippen LogP contribution in [0.1, 0.15) is 5.56 Å². The first-order valence-corrected chi connectivity index (χ1v) is 6.22. The number of ether oxygens (including phenoxy) is 1. The maximum atomic E-state index is 13.2. The minimum Gasteiger partial charge on any atom is -0.492 e. The van der Waals surface area contributed by atoms with Gasteiger partial charge in [0.25, 0.3) is 0 Å². The molecule has 0 aliphatic carbocycles. The van der Waals surface area contributed by atoms with Crippen molar-refractivity contribution in [3.8, 4) is 5.75 Å². The van der Waals surface area contributed by atoms with Crippen molar-refractivity contribution in [2.75, 3.05) is 0 Å². The van der Waals surface area contributed by atoms with Crippen LogP contribution >= 0.6 is 11.6 Å². The Kier molecular flexibility index (Phi) is 4.41. The molecule has 0 amide bonds. The Labute approximate surface area is 122 Å². The standard InChI is InChI=1S/C13H8BClF5O/c15-13-8(2-1-3-11(13)17)7-21-12-5-4-9(16)6-10(12)14(18,19)20/h1-6H,7H2/q-1. The summed E-state index contributed by atoms with van der Waals surface area (Å²) in [4.78, 5) is 0. The molecule has 8 heteroatoms. The van der Waals surface area contributed by atoms with Gasteiger partial charge in [0.2, 0.25) is 0 Å². The monoisotopic (exact) mass is 321 g/mol. The number of hydrogen-bond acceptors (Lipinski definition) is 1. The van der Waals surface area contributed by atoms with E-state index in [2.05, 4.69) is 0 Å². The molecule has 0 heterocycles. The SMILES string of the molecule is Fc1ccc(OCc2cccc(F)c2Cl)c([B-](F)(F)F)c1. The number of benzene rings is 2. The van der Waals surface area contributed by atoms with E-state index in [0.717, 1.165) is 18.2 Å². The Bertz CT molecular complexity index is 659. The minimum atomic E-state index is -5.43. The summed E-state index contributed by atoms with van der Waals surface area (Å²) in [5, 5.41) is -0.223. The third-order valence-corrected chi connectivity index (χ3v) is 3.16. The summed E-state index contributed by atoms with van der Waals surface area (Å²) in [6.45, 7) is -5.79. The molecule has 0 aliphatic rings. The van der Waals surface area contributed by atoms with E-state index >= 15 is 0 Å². The first-order chi connectivity index (χ1) is 9.79. The zero-order valence-corrected chi connectivity index (χ0v) is 11.2. The summed E-state index contributed by atoms with van der Waals surface area (Å²) in [6.07, 6.45) is 0. The minimum absolute atomic E-state index is 0.196. The van der Waals surface area contributed by atoms with Gasteiger partial charge in [0.15, 0.2) is 0 Å². The second-order valence-corrected chi connectivity index (χ2v) is 4.64. The highest BCUT2D eigenvalue weighted by atomic mass is 35.5. The van der Waals surface area contributed by atoms with Gasteiger partial charge in [-0.05, 0) is 24.3 Å². The summed E-state index contributed by atoms with van der Waals surface area (Å²) in [5.74, 6) is -2.23. The Balaban J connectivity index is 2.26. The summed E-state index contributed by atoms with van der Waals surface area (Å²) >= 11 is 5.68. The van der Waals surface area contributed by atoms with Crippen molar-refractivity contribution in [3.63, 3.8) is 0 Å². The molecule has 21 heavy (non-hydrogen) atoms. The van der Waals surface area contributed by atoms with Gasteiger partial charge in [-0.15, -0.1) is 0 Å². The van der Waals surface area contributed by atoms with E-state index in [1.165, 1.54) is 12.1 Å². The Morgan fingerprint density at radius 2 is 1.76 bits per heavy atom. The molecular weight excluding hydrogens is 313 g/mol. The van der Waals surface area contributed by atoms with Gasteiger partial charge in [-0.1, -0.05) is 29.2 Å². The lowest BCUT2D eigenvalue weighted by molar-refractivity contribution is 0.306. The van der Waals surface area contributed by atoms with E-state index in [0.29, 0.717) is 6.07 Å². The summed E-state index contributed by atoms with van der Waals surface area (Å²) in [7, 11) is 0. The molecule has 0 aromatic heterocycles. The zero-order valence-electron chi connectivity index (χ0n) is 10.4. The van der Waals surface area contributed by atoms with Gasteiger partial charge in [0.1, 0.15) is 18.2 Å². The van der Waals surface area contributed by atoms with E-state index in [4.69, 9.17) is 16.3 Å². The van der Waals surface area contributed by atoms with Crippen molar-refractivity contribution >= 4 is 24.0 Å². The van der Waals surface area contributed by atoms with Crippen LogP contribution < -0.4 is 10.2 Å². The van der Waals surface area contributed by atoms with E-state index in [1.807, 2.05) is 0 Å². The van der Waals surface area contributed by atoms with Gasteiger partial charge in [-0.2, -0.15) is 0 Å². The highest BCUT2D eigenvalue weighted by Crippen LogP contribution is 2.23. The number of rotatable bonds is 4. The lowest BCUT2D eigenvalue weighted by atomic mass is 9.79. The molecule has 2 aromatic carbocycles. The second-order valence-electron chi connectivity index (χ2n) is 4.26. The van der Waals surface area contributed by atoms with Crippen molar-refractivity contribution in [3.05, 3.63) is 58.6 Å². The van der Waals surface area contributed by atoms with Crippen LogP contribution in [-0.2, 0) is 6.61 Å². The summed E-state index contributed by atoms with van der Waals surface area (Å²) in [6, 6.07) is 6.00. The van der Waals surface area contributed by atoms with Crippen LogP contribution in [0.25, 0.3) is 0 Å². The molecule has 0 spiro atoms. The van der Waals surface area contributed by atoms with Crippen LogP contribution in [0.4, 0.5) is 21.7 Å². The lowest BCUT2D eigenvalue weighted by Crippen LogP contribution is -2.35. The van der Waals surface area contributed by atoms with Gasteiger partial charge in [-0.3, -0.25) is 0 Å². The Morgan fingerprint density at radius 3 is 2.43 bits per heavy atom. The molecule has 0 saturated heterocycles. The van der Waals surface area contributed by atoms with Crippen molar-refractivity contribution in [2.45, 2.75) is 6.61 Å². The summed E-state index contributed by atoms with van der Waals surface area (Å²) in [5.41, 5.74) is -0.982. The third kappa shape index (κ3) is 3.67. The first-order valence-electron chi connectivity index (χ1n) is 5.84. The molecular formula is C13H8BClF5O-. The van der Waals surface area contributed by atoms with E-state index in [9.17, 15) is 21.7 Å². The van der Waals surface area contributed by atoms with E-state index in [-0.39, 0.29) is 17.2 Å². The van der Waals surface area contributed by atoms with Crippen LogP contribution in [0.3, 0.4) is 0 Å². The molecule has 2 aromatic rings. The van der Waals surface area contributed by atoms with Crippen LogP contribution in [0, 0.1) is 11.6 Å². The molecule has 0 fully saturated rings. The van der Waals surface area contributed by atoms with Crippen LogP contribution in [0.5, 0.6) is 5.75 Å². The van der Waals surface area contributed by atoms with Crippen molar-refractivity contribution < 1.29 is 26.5 Å². The fraction of sp³-hybridized carbons (Fsp3) is 0.0769. The van der Waals surface area contributed by atoms with Gasteiger partial charge in [-0.25, -0.2) is 8.78 Å². The average Bonchev–Trinajstić information content (AvgIpc) is 2.40. The van der Waals surface area contributed by atoms with E-state index < -0.39 is 29.8 Å². The third-order valence-electron chi connectivity index (χ3n) is 2.74. The number of halogens is 6. The molecule has 1 nitrogen and oxygen atoms in total. The van der Waals surface area contributed by atoms with Crippen LogP contribution in [0.15, 0.2) is 36.4 Å². The Morgan fingerprint density at radius 1 is 1.05 bits per heavy atom. The van der Waals surface area contributed by atoms with Crippen LogP contribution in [-0.4, -0.2) is 6.98 Å². The predicted molar refractivity (Wildman–Crippen MR) is 70.9 cm³/mol. The number of hydrogen-bond donors (Lipinski definition) is 0. The zero-order chi connectivity index (χ0) is 15.6. The van der Waals surface area contributed by atoms with Crippen LogP contribution in [0.2, 0.25) is 5.02 Å². The molecule has 0 saturated carbocycles. The largest absolute Gasteiger partial charge is 0.513 e. The molecule has 0 radical (unpaired) electrons. The molecule has 112 valence electrons. The maximum Gasteiger partial charge on any atom is 0.513 e. The molecule has 0 N–H and O–H groups in total. The fourth-order valence-electron chi connectivity index (χ4n) is 1.72. The molecule has 2 rings (SSSR count). The average molecular weight is 321 g/mol.